The quantitative estimate of drug-likeness (QED) is 0.332. The molecule has 0 aliphatic rings. The van der Waals surface area contributed by atoms with E-state index in [1.807, 2.05) is 27.1 Å². The fourth-order valence-electron chi connectivity index (χ4n) is 0.949. The summed E-state index contributed by atoms with van der Waals surface area (Å²) in [5.74, 6) is 0. The number of hydrogen-bond donors (Lipinski definition) is 1. The number of nitrogens with zero attached hydrogens (tertiary/aromatic N) is 1. The number of halogens is 1. The summed E-state index contributed by atoms with van der Waals surface area (Å²) in [4.78, 5) is 0. The summed E-state index contributed by atoms with van der Waals surface area (Å²) >= 11 is 0. The Labute approximate surface area is 79.9 Å². The molecule has 0 saturated heterocycles. The van der Waals surface area contributed by atoms with Crippen molar-refractivity contribution in [3.8, 4) is 0 Å². The molecule has 1 N–H and O–H groups in total. The number of likely N-dealkylation sites (N-methyl/N-ethyl adjacent to an activating group) is 1. The van der Waals surface area contributed by atoms with E-state index >= 15 is 0 Å². The predicted octanol–water partition coefficient (Wildman–Crippen LogP) is -2.02. The van der Waals surface area contributed by atoms with Gasteiger partial charge in [-0.2, -0.15) is 0 Å². The van der Waals surface area contributed by atoms with Crippen molar-refractivity contribution in [2.75, 3.05) is 20.6 Å². The molecule has 2 nitrogen and oxygen atoms in total. The van der Waals surface area contributed by atoms with Crippen LogP contribution in [0, 0.1) is 0 Å². The Kier molecular flexibility index (Phi) is 7.16. The third kappa shape index (κ3) is 4.56. The zero-order valence-corrected chi connectivity index (χ0v) is 9.13. The molecule has 3 heteroatoms. The van der Waals surface area contributed by atoms with Gasteiger partial charge in [0.15, 0.2) is 6.23 Å². The van der Waals surface area contributed by atoms with Crippen molar-refractivity contribution in [1.82, 2.24) is 0 Å². The average molecular weight is 224 g/mol. The lowest BCUT2D eigenvalue weighted by molar-refractivity contribution is -0.931. The van der Waals surface area contributed by atoms with E-state index in [1.165, 1.54) is 0 Å². The van der Waals surface area contributed by atoms with Gasteiger partial charge >= 0.3 is 0 Å². The number of aliphatic hydroxyl groups excluding tert-OH is 1. The maximum atomic E-state index is 9.44. The molecule has 0 aromatic carbocycles. The second-order valence-corrected chi connectivity index (χ2v) is 3.14. The highest BCUT2D eigenvalue weighted by molar-refractivity contribution is 4.64. The van der Waals surface area contributed by atoms with Gasteiger partial charge in [0, 0.05) is 6.42 Å². The minimum Gasteiger partial charge on any atom is -1.00 e. The Bertz CT molecular complexity index is 115. The molecule has 0 fully saturated rings. The Morgan fingerprint density at radius 2 is 2.00 bits per heavy atom. The van der Waals surface area contributed by atoms with Crippen molar-refractivity contribution in [2.45, 2.75) is 19.6 Å². The largest absolute Gasteiger partial charge is 1.00 e. The van der Waals surface area contributed by atoms with Crippen molar-refractivity contribution >= 4 is 0 Å². The normalized spacial score (nSPS) is 13.5. The van der Waals surface area contributed by atoms with E-state index in [1.54, 1.807) is 0 Å². The molecule has 68 valence electrons. The summed E-state index contributed by atoms with van der Waals surface area (Å²) in [5, 5.41) is 9.44. The van der Waals surface area contributed by atoms with Gasteiger partial charge in [-0.1, -0.05) is 13.5 Å². The van der Waals surface area contributed by atoms with Crippen LogP contribution in [0.3, 0.4) is 0 Å². The molecule has 0 bridgehead atoms. The Hall–Kier alpha value is 0.140. The lowest BCUT2D eigenvalue weighted by Gasteiger charge is -2.32. The fraction of sp³-hybridized carbons (Fsp3) is 0.750. The first-order valence-electron chi connectivity index (χ1n) is 3.66. The van der Waals surface area contributed by atoms with Crippen LogP contribution in [-0.4, -0.2) is 36.5 Å². The fourth-order valence-corrected chi connectivity index (χ4v) is 0.949. The number of quaternary nitrogens is 1. The molecule has 0 rings (SSSR count). The van der Waals surface area contributed by atoms with Crippen molar-refractivity contribution < 1.29 is 26.6 Å². The van der Waals surface area contributed by atoms with Crippen LogP contribution in [-0.2, 0) is 0 Å². The van der Waals surface area contributed by atoms with Gasteiger partial charge in [-0.25, -0.2) is 0 Å². The van der Waals surface area contributed by atoms with Gasteiger partial charge in [-0.3, -0.25) is 0 Å². The topological polar surface area (TPSA) is 20.2 Å². The predicted molar refractivity (Wildman–Crippen MR) is 43.5 cm³/mol. The Morgan fingerprint density at radius 1 is 1.55 bits per heavy atom. The van der Waals surface area contributed by atoms with E-state index in [9.17, 15) is 5.11 Å². The summed E-state index contributed by atoms with van der Waals surface area (Å²) in [5.41, 5.74) is 0. The maximum absolute atomic E-state index is 9.44. The van der Waals surface area contributed by atoms with Crippen LogP contribution in [0.4, 0.5) is 0 Å². The first kappa shape index (κ1) is 13.7. The third-order valence-corrected chi connectivity index (χ3v) is 1.77. The molecule has 0 spiro atoms. The van der Waals surface area contributed by atoms with E-state index < -0.39 is 0 Å². The van der Waals surface area contributed by atoms with Crippen molar-refractivity contribution in [2.24, 2.45) is 0 Å². The monoisotopic (exact) mass is 223 g/mol. The molecule has 0 heterocycles. The second kappa shape index (κ2) is 5.75. The highest BCUT2D eigenvalue weighted by Gasteiger charge is 2.21. The molecule has 11 heavy (non-hydrogen) atoms. The van der Waals surface area contributed by atoms with Gasteiger partial charge in [0.25, 0.3) is 0 Å². The zero-order valence-electron chi connectivity index (χ0n) is 7.55. The number of rotatable bonds is 4. The SMILES string of the molecule is C=CC[N+](C)(C)C(O)CC.[Br-]. The molecule has 0 aliphatic carbocycles. The van der Waals surface area contributed by atoms with Gasteiger partial charge in [0.05, 0.1) is 20.6 Å². The van der Waals surface area contributed by atoms with Gasteiger partial charge in [-0.15, -0.1) is 0 Å². The van der Waals surface area contributed by atoms with Gasteiger partial charge in [0.1, 0.15) is 0 Å². The smallest absolute Gasteiger partial charge is 0.190 e. The molecule has 0 radical (unpaired) electrons. The molecular weight excluding hydrogens is 206 g/mol. The molecule has 1 atom stereocenters. The summed E-state index contributed by atoms with van der Waals surface area (Å²) in [6.07, 6.45) is 2.36. The van der Waals surface area contributed by atoms with Gasteiger partial charge in [0.2, 0.25) is 0 Å². The van der Waals surface area contributed by atoms with E-state index in [0.717, 1.165) is 13.0 Å². The first-order valence-corrected chi connectivity index (χ1v) is 3.66. The average Bonchev–Trinajstić information content (AvgIpc) is 1.86. The van der Waals surface area contributed by atoms with Crippen LogP contribution in [0.15, 0.2) is 12.7 Å². The summed E-state index contributed by atoms with van der Waals surface area (Å²) < 4.78 is 0.611. The van der Waals surface area contributed by atoms with Crippen LogP contribution >= 0.6 is 0 Å². The van der Waals surface area contributed by atoms with Crippen LogP contribution < -0.4 is 17.0 Å². The lowest BCUT2D eigenvalue weighted by Crippen LogP contribution is -3.00. The standard InChI is InChI=1S/C8H18NO.BrH/c1-5-7-9(3,4)8(10)6-2;/h5,8,10H,1,6-7H2,2-4H3;1H/q+1;/p-1. The second-order valence-electron chi connectivity index (χ2n) is 3.14. The lowest BCUT2D eigenvalue weighted by atomic mass is 10.3. The molecule has 0 aromatic heterocycles. The minimum absolute atomic E-state index is 0. The van der Waals surface area contributed by atoms with Crippen LogP contribution in [0.1, 0.15) is 13.3 Å². The van der Waals surface area contributed by atoms with Crippen molar-refractivity contribution in [3.05, 3.63) is 12.7 Å². The zero-order chi connectivity index (χ0) is 8.20. The van der Waals surface area contributed by atoms with Gasteiger partial charge < -0.3 is 26.6 Å². The first-order chi connectivity index (χ1) is 4.54. The van der Waals surface area contributed by atoms with Crippen LogP contribution in [0.5, 0.6) is 0 Å². The molecule has 0 aromatic rings. The minimum atomic E-state index is -0.266. The summed E-state index contributed by atoms with van der Waals surface area (Å²) in [6.45, 7) is 6.43. The Morgan fingerprint density at radius 3 is 2.27 bits per heavy atom. The summed E-state index contributed by atoms with van der Waals surface area (Å²) in [6, 6.07) is 0. The maximum Gasteiger partial charge on any atom is 0.190 e. The van der Waals surface area contributed by atoms with Crippen LogP contribution in [0.25, 0.3) is 0 Å². The highest BCUT2D eigenvalue weighted by atomic mass is 79.9. The molecule has 0 amide bonds. The van der Waals surface area contributed by atoms with E-state index in [4.69, 9.17) is 0 Å². The molecule has 0 saturated carbocycles. The van der Waals surface area contributed by atoms with Crippen molar-refractivity contribution in [1.29, 1.82) is 0 Å². The van der Waals surface area contributed by atoms with Crippen LogP contribution in [0.2, 0.25) is 0 Å². The summed E-state index contributed by atoms with van der Waals surface area (Å²) in [7, 11) is 3.99. The Balaban J connectivity index is 0. The van der Waals surface area contributed by atoms with E-state index in [2.05, 4.69) is 6.58 Å². The van der Waals surface area contributed by atoms with E-state index in [0.29, 0.717) is 4.48 Å². The molecule has 0 aliphatic heterocycles. The van der Waals surface area contributed by atoms with E-state index in [-0.39, 0.29) is 23.2 Å². The molecular formula is C8H18BrNO. The number of aliphatic hydroxyl groups is 1. The highest BCUT2D eigenvalue weighted by Crippen LogP contribution is 2.06. The number of hydrogen-bond acceptors (Lipinski definition) is 1. The third-order valence-electron chi connectivity index (χ3n) is 1.77. The molecule has 1 unspecified atom stereocenters. The van der Waals surface area contributed by atoms with Gasteiger partial charge in [-0.05, 0) is 6.08 Å². The van der Waals surface area contributed by atoms with Crippen molar-refractivity contribution in [3.63, 3.8) is 0 Å².